The highest BCUT2D eigenvalue weighted by atomic mass is 79.9. The smallest absolute Gasteiger partial charge is 0.0782 e. The molecular formula is C9H15BrO. The molecule has 2 aliphatic carbocycles. The van der Waals surface area contributed by atoms with Crippen LogP contribution in [0.4, 0.5) is 0 Å². The van der Waals surface area contributed by atoms with E-state index in [2.05, 4.69) is 15.9 Å². The Labute approximate surface area is 76.6 Å². The maximum atomic E-state index is 6.01. The molecule has 64 valence electrons. The van der Waals surface area contributed by atoms with E-state index in [4.69, 9.17) is 4.74 Å². The first-order valence-electron chi connectivity index (χ1n) is 4.58. The summed E-state index contributed by atoms with van der Waals surface area (Å²) in [7, 11) is 0. The van der Waals surface area contributed by atoms with Crippen LogP contribution in [-0.2, 0) is 4.74 Å². The van der Waals surface area contributed by atoms with Crippen LogP contribution in [0.2, 0.25) is 0 Å². The molecule has 0 spiro atoms. The molecule has 0 aromatic heterocycles. The summed E-state index contributed by atoms with van der Waals surface area (Å²) in [5.41, 5.74) is 0.237. The van der Waals surface area contributed by atoms with Gasteiger partial charge in [0.1, 0.15) is 0 Å². The Balaban J connectivity index is 1.91. The van der Waals surface area contributed by atoms with Crippen LogP contribution in [0.15, 0.2) is 0 Å². The van der Waals surface area contributed by atoms with E-state index in [-0.39, 0.29) is 5.60 Å². The van der Waals surface area contributed by atoms with Crippen molar-refractivity contribution in [3.63, 3.8) is 0 Å². The first-order chi connectivity index (χ1) is 5.35. The molecule has 2 aliphatic rings. The summed E-state index contributed by atoms with van der Waals surface area (Å²) in [5.74, 6) is 0. The van der Waals surface area contributed by atoms with Crippen LogP contribution in [0, 0.1) is 0 Å². The second-order valence-corrected chi connectivity index (χ2v) is 4.40. The molecule has 0 amide bonds. The van der Waals surface area contributed by atoms with Crippen molar-refractivity contribution in [3.8, 4) is 0 Å². The largest absolute Gasteiger partial charge is 0.371 e. The fraction of sp³-hybridized carbons (Fsp3) is 1.00. The maximum Gasteiger partial charge on any atom is 0.0782 e. The van der Waals surface area contributed by atoms with E-state index in [1.54, 1.807) is 0 Å². The van der Waals surface area contributed by atoms with Crippen molar-refractivity contribution in [2.75, 3.05) is 5.33 Å². The Morgan fingerprint density at radius 1 is 1.27 bits per heavy atom. The number of ether oxygens (including phenoxy) is 1. The maximum absolute atomic E-state index is 6.01. The Morgan fingerprint density at radius 3 is 2.36 bits per heavy atom. The van der Waals surface area contributed by atoms with E-state index >= 15 is 0 Å². The minimum Gasteiger partial charge on any atom is -0.371 e. The summed E-state index contributed by atoms with van der Waals surface area (Å²) in [5, 5.41) is 1.04. The highest BCUT2D eigenvalue weighted by Gasteiger charge is 2.39. The lowest BCUT2D eigenvalue weighted by atomic mass is 10.1. The van der Waals surface area contributed by atoms with Crippen LogP contribution in [-0.4, -0.2) is 17.0 Å². The Morgan fingerprint density at radius 2 is 1.91 bits per heavy atom. The molecular weight excluding hydrogens is 204 g/mol. The zero-order valence-corrected chi connectivity index (χ0v) is 8.40. The van der Waals surface area contributed by atoms with Gasteiger partial charge in [0.2, 0.25) is 0 Å². The fourth-order valence-electron chi connectivity index (χ4n) is 1.84. The zero-order valence-electron chi connectivity index (χ0n) is 6.81. The van der Waals surface area contributed by atoms with Crippen molar-refractivity contribution in [2.45, 2.75) is 50.2 Å². The van der Waals surface area contributed by atoms with E-state index in [1.165, 1.54) is 38.5 Å². The second-order valence-electron chi connectivity index (χ2n) is 3.84. The van der Waals surface area contributed by atoms with Gasteiger partial charge in [-0.2, -0.15) is 0 Å². The molecule has 2 rings (SSSR count). The lowest BCUT2D eigenvalue weighted by Crippen LogP contribution is -2.31. The van der Waals surface area contributed by atoms with Crippen molar-refractivity contribution in [1.29, 1.82) is 0 Å². The van der Waals surface area contributed by atoms with Gasteiger partial charge < -0.3 is 4.74 Å². The number of hydrogen-bond donors (Lipinski definition) is 0. The molecule has 2 heteroatoms. The number of alkyl halides is 1. The Kier molecular flexibility index (Phi) is 2.24. The third-order valence-corrected chi connectivity index (χ3v) is 3.72. The van der Waals surface area contributed by atoms with Crippen LogP contribution in [0.25, 0.3) is 0 Å². The molecule has 0 radical (unpaired) electrons. The van der Waals surface area contributed by atoms with Gasteiger partial charge in [0.05, 0.1) is 11.7 Å². The first-order valence-corrected chi connectivity index (χ1v) is 5.71. The van der Waals surface area contributed by atoms with Crippen LogP contribution in [0.3, 0.4) is 0 Å². The Hall–Kier alpha value is 0.440. The molecule has 0 saturated heterocycles. The van der Waals surface area contributed by atoms with Crippen molar-refractivity contribution in [2.24, 2.45) is 0 Å². The van der Waals surface area contributed by atoms with E-state index in [1.807, 2.05) is 0 Å². The van der Waals surface area contributed by atoms with Crippen LogP contribution < -0.4 is 0 Å². The monoisotopic (exact) mass is 218 g/mol. The molecule has 2 fully saturated rings. The average Bonchev–Trinajstić information content (AvgIpc) is 2.68. The summed E-state index contributed by atoms with van der Waals surface area (Å²) in [6, 6.07) is 0. The van der Waals surface area contributed by atoms with Crippen molar-refractivity contribution < 1.29 is 4.74 Å². The molecule has 0 atom stereocenters. The predicted molar refractivity (Wildman–Crippen MR) is 49.1 cm³/mol. The minimum atomic E-state index is 0.237. The summed E-state index contributed by atoms with van der Waals surface area (Å²) in [4.78, 5) is 0. The average molecular weight is 219 g/mol. The van der Waals surface area contributed by atoms with E-state index in [0.29, 0.717) is 6.10 Å². The second kappa shape index (κ2) is 3.06. The lowest BCUT2D eigenvalue weighted by molar-refractivity contribution is -0.0331. The fourth-order valence-corrected chi connectivity index (χ4v) is 2.53. The first kappa shape index (κ1) is 8.06. The van der Waals surface area contributed by atoms with Crippen LogP contribution >= 0.6 is 15.9 Å². The molecule has 1 nitrogen and oxygen atoms in total. The number of hydrogen-bond acceptors (Lipinski definition) is 1. The van der Waals surface area contributed by atoms with Gasteiger partial charge in [0.25, 0.3) is 0 Å². The standard InChI is InChI=1S/C9H15BrO/c10-7-9(5-1-2-6-9)11-8-3-4-8/h8H,1-7H2. The topological polar surface area (TPSA) is 9.23 Å². The van der Waals surface area contributed by atoms with Crippen LogP contribution in [0.1, 0.15) is 38.5 Å². The van der Waals surface area contributed by atoms with Gasteiger partial charge in [-0.15, -0.1) is 0 Å². The van der Waals surface area contributed by atoms with Gasteiger partial charge in [0, 0.05) is 5.33 Å². The predicted octanol–water partition coefficient (Wildman–Crippen LogP) is 2.87. The molecule has 2 saturated carbocycles. The molecule has 0 aliphatic heterocycles. The zero-order chi connectivity index (χ0) is 7.73. The highest BCUT2D eigenvalue weighted by molar-refractivity contribution is 9.09. The molecule has 0 aromatic carbocycles. The van der Waals surface area contributed by atoms with Gasteiger partial charge in [-0.3, -0.25) is 0 Å². The van der Waals surface area contributed by atoms with Crippen molar-refractivity contribution in [3.05, 3.63) is 0 Å². The van der Waals surface area contributed by atoms with Gasteiger partial charge in [-0.1, -0.05) is 28.8 Å². The normalized spacial score (nSPS) is 29.2. The molecule has 0 heterocycles. The van der Waals surface area contributed by atoms with Gasteiger partial charge >= 0.3 is 0 Å². The minimum absolute atomic E-state index is 0.237. The van der Waals surface area contributed by atoms with E-state index in [0.717, 1.165) is 5.33 Å². The summed E-state index contributed by atoms with van der Waals surface area (Å²) in [6.07, 6.45) is 8.48. The van der Waals surface area contributed by atoms with Crippen molar-refractivity contribution >= 4 is 15.9 Å². The quantitative estimate of drug-likeness (QED) is 0.663. The summed E-state index contributed by atoms with van der Waals surface area (Å²) in [6.45, 7) is 0. The molecule has 0 unspecified atom stereocenters. The highest BCUT2D eigenvalue weighted by Crippen LogP contribution is 2.40. The van der Waals surface area contributed by atoms with E-state index < -0.39 is 0 Å². The van der Waals surface area contributed by atoms with Gasteiger partial charge in [-0.05, 0) is 25.7 Å². The molecule has 11 heavy (non-hydrogen) atoms. The van der Waals surface area contributed by atoms with Crippen LogP contribution in [0.5, 0.6) is 0 Å². The van der Waals surface area contributed by atoms with E-state index in [9.17, 15) is 0 Å². The van der Waals surface area contributed by atoms with Gasteiger partial charge in [-0.25, -0.2) is 0 Å². The third kappa shape index (κ3) is 1.78. The number of halogens is 1. The SMILES string of the molecule is BrCC1(OC2CC2)CCCC1. The summed E-state index contributed by atoms with van der Waals surface area (Å²) < 4.78 is 6.01. The Bertz CT molecular complexity index is 136. The third-order valence-electron chi connectivity index (χ3n) is 2.70. The summed E-state index contributed by atoms with van der Waals surface area (Å²) >= 11 is 3.56. The van der Waals surface area contributed by atoms with Crippen molar-refractivity contribution in [1.82, 2.24) is 0 Å². The molecule has 0 N–H and O–H groups in total. The number of rotatable bonds is 3. The molecule has 0 aromatic rings. The van der Waals surface area contributed by atoms with Gasteiger partial charge in [0.15, 0.2) is 0 Å². The molecule has 0 bridgehead atoms. The lowest BCUT2D eigenvalue weighted by Gasteiger charge is -2.26.